The predicted octanol–water partition coefficient (Wildman–Crippen LogP) is 2.38. The number of methoxy groups -OCH3 is 1. The maximum Gasteiger partial charge on any atom is 0.274 e. The van der Waals surface area contributed by atoms with Gasteiger partial charge in [-0.2, -0.15) is 0 Å². The third-order valence-electron chi connectivity index (χ3n) is 3.44. The van der Waals surface area contributed by atoms with E-state index in [1.54, 1.807) is 30.3 Å². The van der Waals surface area contributed by atoms with E-state index >= 15 is 0 Å². The van der Waals surface area contributed by atoms with Crippen LogP contribution in [0, 0.1) is 0 Å². The van der Waals surface area contributed by atoms with Gasteiger partial charge >= 0.3 is 0 Å². The van der Waals surface area contributed by atoms with E-state index in [0.717, 1.165) is 3.97 Å². The van der Waals surface area contributed by atoms with Crippen molar-refractivity contribution >= 4 is 21.6 Å². The van der Waals surface area contributed by atoms with Gasteiger partial charge in [0, 0.05) is 24.7 Å². The molecule has 0 unspecified atom stereocenters. The van der Waals surface area contributed by atoms with E-state index in [4.69, 9.17) is 4.74 Å². The number of aromatic nitrogens is 2. The fourth-order valence-corrected chi connectivity index (χ4v) is 3.41. The van der Waals surface area contributed by atoms with Gasteiger partial charge in [-0.05, 0) is 30.3 Å². The van der Waals surface area contributed by atoms with Gasteiger partial charge in [-0.25, -0.2) is 12.4 Å². The van der Waals surface area contributed by atoms with Gasteiger partial charge in [0.2, 0.25) is 0 Å². The summed E-state index contributed by atoms with van der Waals surface area (Å²) < 4.78 is 31.4. The summed E-state index contributed by atoms with van der Waals surface area (Å²) in [5, 5.41) is 2.61. The Morgan fingerprint density at radius 2 is 2.00 bits per heavy atom. The van der Waals surface area contributed by atoms with Crippen LogP contribution in [0.3, 0.4) is 0 Å². The van der Waals surface area contributed by atoms with Crippen LogP contribution in [-0.2, 0) is 10.0 Å². The summed E-state index contributed by atoms with van der Waals surface area (Å²) in [6.45, 7) is 0. The monoisotopic (exact) mass is 357 g/mol. The van der Waals surface area contributed by atoms with Crippen LogP contribution in [0.2, 0.25) is 0 Å². The molecule has 0 aliphatic heterocycles. The molecule has 2 heterocycles. The van der Waals surface area contributed by atoms with Crippen molar-refractivity contribution < 1.29 is 17.9 Å². The molecule has 0 saturated carbocycles. The number of rotatable bonds is 5. The maximum absolute atomic E-state index is 12.7. The second-order valence-corrected chi connectivity index (χ2v) is 6.93. The highest BCUT2D eigenvalue weighted by molar-refractivity contribution is 7.90. The number of amides is 1. The third-order valence-corrected chi connectivity index (χ3v) is 5.07. The van der Waals surface area contributed by atoms with Gasteiger partial charge in [0.05, 0.1) is 17.7 Å². The minimum absolute atomic E-state index is 0.0880. The van der Waals surface area contributed by atoms with Gasteiger partial charge < -0.3 is 10.1 Å². The van der Waals surface area contributed by atoms with Crippen LogP contribution in [0.4, 0.5) is 5.69 Å². The number of hydrogen-bond donors (Lipinski definition) is 1. The van der Waals surface area contributed by atoms with Crippen molar-refractivity contribution in [1.82, 2.24) is 8.96 Å². The Morgan fingerprint density at radius 1 is 1.16 bits per heavy atom. The Hall–Kier alpha value is -3.13. The minimum atomic E-state index is -3.78. The van der Waals surface area contributed by atoms with Gasteiger partial charge in [0.25, 0.3) is 15.9 Å². The molecule has 0 bridgehead atoms. The molecule has 1 amide bonds. The molecule has 1 N–H and O–H groups in total. The van der Waals surface area contributed by atoms with E-state index in [0.29, 0.717) is 11.4 Å². The molecular weight excluding hydrogens is 342 g/mol. The normalized spacial score (nSPS) is 11.1. The highest BCUT2D eigenvalue weighted by Crippen LogP contribution is 2.21. The van der Waals surface area contributed by atoms with Gasteiger partial charge in [-0.15, -0.1) is 0 Å². The molecule has 1 aromatic carbocycles. The molecule has 8 heteroatoms. The molecule has 0 fully saturated rings. The van der Waals surface area contributed by atoms with Crippen molar-refractivity contribution in [2.75, 3.05) is 12.4 Å². The lowest BCUT2D eigenvalue weighted by molar-refractivity contribution is 0.102. The molecule has 3 rings (SSSR count). The molecule has 128 valence electrons. The maximum atomic E-state index is 12.7. The molecule has 3 aromatic rings. The fourth-order valence-electron chi connectivity index (χ4n) is 2.18. The number of carbonyl (C=O) groups is 1. The molecule has 0 aliphatic rings. The first-order chi connectivity index (χ1) is 12.0. The van der Waals surface area contributed by atoms with Crippen molar-refractivity contribution in [3.05, 3.63) is 72.8 Å². The van der Waals surface area contributed by atoms with E-state index in [-0.39, 0.29) is 10.6 Å². The van der Waals surface area contributed by atoms with E-state index in [1.807, 2.05) is 0 Å². The van der Waals surface area contributed by atoms with Crippen molar-refractivity contribution in [2.45, 2.75) is 4.90 Å². The number of carbonyl (C=O) groups excluding carboxylic acids is 1. The van der Waals surface area contributed by atoms with Crippen LogP contribution in [0.1, 0.15) is 10.5 Å². The second-order valence-electron chi connectivity index (χ2n) is 5.08. The van der Waals surface area contributed by atoms with Crippen LogP contribution < -0.4 is 10.1 Å². The molecule has 0 spiro atoms. The number of hydrogen-bond acceptors (Lipinski definition) is 5. The lowest BCUT2D eigenvalue weighted by Crippen LogP contribution is -2.14. The molecule has 0 saturated heterocycles. The number of benzene rings is 1. The summed E-state index contributed by atoms with van der Waals surface area (Å²) in [7, 11) is -2.32. The summed E-state index contributed by atoms with van der Waals surface area (Å²) in [5.74, 6) is 0.0223. The summed E-state index contributed by atoms with van der Waals surface area (Å²) in [5.41, 5.74) is 0.591. The highest BCUT2D eigenvalue weighted by Gasteiger charge is 2.18. The van der Waals surface area contributed by atoms with Crippen molar-refractivity contribution in [2.24, 2.45) is 0 Å². The summed E-state index contributed by atoms with van der Waals surface area (Å²) in [6, 6.07) is 12.6. The first-order valence-electron chi connectivity index (χ1n) is 7.31. The lowest BCUT2D eigenvalue weighted by Gasteiger charge is -2.07. The topological polar surface area (TPSA) is 90.3 Å². The Labute approximate surface area is 144 Å². The standard InChI is InChI=1S/C17H15N3O4S/c1-24-14-5-4-6-15(11-14)25(22,23)20-10-8-13(12-20)19-17(21)16-7-2-3-9-18-16/h2-12H,1H3,(H,19,21). The largest absolute Gasteiger partial charge is 0.497 e. The van der Waals surface area contributed by atoms with E-state index in [1.165, 1.54) is 43.9 Å². The van der Waals surface area contributed by atoms with Gasteiger partial charge in [0.1, 0.15) is 11.4 Å². The van der Waals surface area contributed by atoms with Gasteiger partial charge in [0.15, 0.2) is 0 Å². The average Bonchev–Trinajstić information content (AvgIpc) is 3.12. The summed E-state index contributed by atoms with van der Waals surface area (Å²) in [6.07, 6.45) is 4.20. The molecule has 2 aromatic heterocycles. The van der Waals surface area contributed by atoms with Gasteiger partial charge in [-0.1, -0.05) is 12.1 Å². The quantitative estimate of drug-likeness (QED) is 0.757. The lowest BCUT2D eigenvalue weighted by atomic mass is 10.3. The number of ether oxygens (including phenoxy) is 1. The number of nitrogens with one attached hydrogen (secondary N) is 1. The van der Waals surface area contributed by atoms with Crippen molar-refractivity contribution in [1.29, 1.82) is 0 Å². The number of pyridine rings is 1. The predicted molar refractivity (Wildman–Crippen MR) is 92.2 cm³/mol. The average molecular weight is 357 g/mol. The molecule has 25 heavy (non-hydrogen) atoms. The van der Waals surface area contributed by atoms with E-state index in [9.17, 15) is 13.2 Å². The SMILES string of the molecule is COc1cccc(S(=O)(=O)n2ccc(NC(=O)c3ccccn3)c2)c1. The highest BCUT2D eigenvalue weighted by atomic mass is 32.2. The Bertz CT molecular complexity index is 997. The first-order valence-corrected chi connectivity index (χ1v) is 8.75. The zero-order valence-electron chi connectivity index (χ0n) is 13.3. The zero-order chi connectivity index (χ0) is 17.9. The smallest absolute Gasteiger partial charge is 0.274 e. The zero-order valence-corrected chi connectivity index (χ0v) is 14.1. The second kappa shape index (κ2) is 6.78. The molecule has 0 radical (unpaired) electrons. The van der Waals surface area contributed by atoms with Crippen molar-refractivity contribution in [3.8, 4) is 5.75 Å². The van der Waals surface area contributed by atoms with Crippen LogP contribution >= 0.6 is 0 Å². The fraction of sp³-hybridized carbons (Fsp3) is 0.0588. The third kappa shape index (κ3) is 3.53. The molecule has 0 aliphatic carbocycles. The Morgan fingerprint density at radius 3 is 2.72 bits per heavy atom. The Balaban J connectivity index is 1.84. The molecule has 0 atom stereocenters. The van der Waals surface area contributed by atoms with Crippen LogP contribution in [0.25, 0.3) is 0 Å². The van der Waals surface area contributed by atoms with Crippen LogP contribution in [0.5, 0.6) is 5.75 Å². The number of nitrogens with zero attached hydrogens (tertiary/aromatic N) is 2. The summed E-state index contributed by atoms with van der Waals surface area (Å²) in [4.78, 5) is 16.1. The Kier molecular flexibility index (Phi) is 4.53. The summed E-state index contributed by atoms with van der Waals surface area (Å²) >= 11 is 0. The minimum Gasteiger partial charge on any atom is -0.497 e. The van der Waals surface area contributed by atoms with Gasteiger partial charge in [-0.3, -0.25) is 9.78 Å². The van der Waals surface area contributed by atoms with E-state index in [2.05, 4.69) is 10.3 Å². The van der Waals surface area contributed by atoms with E-state index < -0.39 is 15.9 Å². The molecular formula is C17H15N3O4S. The molecule has 7 nitrogen and oxygen atoms in total. The number of anilines is 1. The van der Waals surface area contributed by atoms with Crippen molar-refractivity contribution in [3.63, 3.8) is 0 Å². The first kappa shape index (κ1) is 16.7. The van der Waals surface area contributed by atoms with Crippen LogP contribution in [0.15, 0.2) is 72.0 Å². The van der Waals surface area contributed by atoms with Crippen LogP contribution in [-0.4, -0.2) is 30.4 Å².